The van der Waals surface area contributed by atoms with Gasteiger partial charge in [0.15, 0.2) is 0 Å². The Morgan fingerprint density at radius 1 is 0.833 bits per heavy atom. The molecule has 0 aliphatic heterocycles. The molecule has 0 heterocycles. The highest BCUT2D eigenvalue weighted by molar-refractivity contribution is 6.38. The number of aliphatic hydroxyl groups excluding tert-OH is 1. The number of benzene rings is 3. The summed E-state index contributed by atoms with van der Waals surface area (Å²) >= 11 is 0. The Morgan fingerprint density at radius 2 is 1.40 bits per heavy atom. The number of carbonyl (C=O) groups excluding carboxylic acids is 1. The molecule has 6 nitrogen and oxygen atoms in total. The van der Waals surface area contributed by atoms with Crippen LogP contribution in [0.4, 0.5) is 11.4 Å². The standard InChI is InChI=1S/C24H20N2O4/c1-29-17-11-7-15(8-12-17)25-22-19-5-3-4-6-20(19)23(27)21(22)24(28)26-16-9-13-18(30-2)14-10-16/h3-14,27H,1-2H3,(H,26,28). The summed E-state index contributed by atoms with van der Waals surface area (Å²) in [4.78, 5) is 17.7. The molecule has 1 aliphatic carbocycles. The summed E-state index contributed by atoms with van der Waals surface area (Å²) in [5.74, 6) is 0.858. The number of aliphatic imine (C=N–C) groups is 1. The first-order chi connectivity index (χ1) is 14.6. The van der Waals surface area contributed by atoms with Crippen LogP contribution in [-0.4, -0.2) is 30.9 Å². The SMILES string of the molecule is COc1ccc(N=C2C(C(=O)Nc3ccc(OC)cc3)=C(O)c3ccccc32)cc1. The lowest BCUT2D eigenvalue weighted by atomic mass is 10.1. The Bertz CT molecular complexity index is 1150. The summed E-state index contributed by atoms with van der Waals surface area (Å²) in [6.45, 7) is 0. The molecule has 4 rings (SSSR count). The van der Waals surface area contributed by atoms with Gasteiger partial charge in [-0.1, -0.05) is 24.3 Å². The summed E-state index contributed by atoms with van der Waals surface area (Å²) in [5.41, 5.74) is 3.04. The van der Waals surface area contributed by atoms with Crippen LogP contribution in [0.1, 0.15) is 11.1 Å². The number of rotatable bonds is 5. The second-order valence-electron chi connectivity index (χ2n) is 6.61. The number of aliphatic hydroxyl groups is 1. The van der Waals surface area contributed by atoms with Gasteiger partial charge >= 0.3 is 0 Å². The fourth-order valence-electron chi connectivity index (χ4n) is 3.26. The van der Waals surface area contributed by atoms with Crippen LogP contribution in [0, 0.1) is 0 Å². The summed E-state index contributed by atoms with van der Waals surface area (Å²) in [6, 6.07) is 21.4. The Labute approximate surface area is 174 Å². The molecule has 1 aliphatic rings. The van der Waals surface area contributed by atoms with Gasteiger partial charge < -0.3 is 19.9 Å². The zero-order valence-electron chi connectivity index (χ0n) is 16.5. The molecule has 0 saturated carbocycles. The molecule has 0 bridgehead atoms. The van der Waals surface area contributed by atoms with Gasteiger partial charge in [0, 0.05) is 16.8 Å². The highest BCUT2D eigenvalue weighted by atomic mass is 16.5. The van der Waals surface area contributed by atoms with Gasteiger partial charge in [0.05, 0.1) is 25.6 Å². The largest absolute Gasteiger partial charge is 0.506 e. The molecule has 30 heavy (non-hydrogen) atoms. The van der Waals surface area contributed by atoms with E-state index in [2.05, 4.69) is 10.3 Å². The molecule has 1 amide bonds. The van der Waals surface area contributed by atoms with Gasteiger partial charge in [-0.05, 0) is 48.5 Å². The van der Waals surface area contributed by atoms with Gasteiger partial charge in [-0.25, -0.2) is 4.99 Å². The highest BCUT2D eigenvalue weighted by Gasteiger charge is 2.32. The number of nitrogens with zero attached hydrogens (tertiary/aromatic N) is 1. The molecule has 0 saturated heterocycles. The van der Waals surface area contributed by atoms with Crippen molar-refractivity contribution in [1.82, 2.24) is 0 Å². The van der Waals surface area contributed by atoms with E-state index in [9.17, 15) is 9.90 Å². The third-order valence-electron chi connectivity index (χ3n) is 4.80. The molecule has 3 aromatic carbocycles. The Kier molecular flexibility index (Phi) is 5.22. The number of amides is 1. The minimum atomic E-state index is -0.443. The molecule has 0 fully saturated rings. The maximum absolute atomic E-state index is 13.1. The number of fused-ring (bicyclic) bond motifs is 1. The van der Waals surface area contributed by atoms with Crippen LogP contribution < -0.4 is 14.8 Å². The summed E-state index contributed by atoms with van der Waals surface area (Å²) in [6.07, 6.45) is 0. The third kappa shape index (κ3) is 3.63. The monoisotopic (exact) mass is 400 g/mol. The maximum atomic E-state index is 13.1. The predicted octanol–water partition coefficient (Wildman–Crippen LogP) is 4.75. The smallest absolute Gasteiger partial charge is 0.261 e. The third-order valence-corrected chi connectivity index (χ3v) is 4.80. The van der Waals surface area contributed by atoms with Crippen LogP contribution in [0.25, 0.3) is 5.76 Å². The fraction of sp³-hybridized carbons (Fsp3) is 0.0833. The Balaban J connectivity index is 1.72. The predicted molar refractivity (Wildman–Crippen MR) is 117 cm³/mol. The van der Waals surface area contributed by atoms with Crippen molar-refractivity contribution < 1.29 is 19.4 Å². The molecule has 0 atom stereocenters. The first-order valence-corrected chi connectivity index (χ1v) is 9.32. The van der Waals surface area contributed by atoms with E-state index in [1.54, 1.807) is 68.8 Å². The average molecular weight is 400 g/mol. The molecular weight excluding hydrogens is 380 g/mol. The number of nitrogens with one attached hydrogen (secondary N) is 1. The van der Waals surface area contributed by atoms with Crippen molar-refractivity contribution in [3.05, 3.63) is 89.5 Å². The highest BCUT2D eigenvalue weighted by Crippen LogP contribution is 2.34. The molecule has 150 valence electrons. The van der Waals surface area contributed by atoms with Crippen molar-refractivity contribution in [2.45, 2.75) is 0 Å². The van der Waals surface area contributed by atoms with Crippen LogP contribution in [-0.2, 0) is 4.79 Å². The van der Waals surface area contributed by atoms with E-state index >= 15 is 0 Å². The molecule has 0 aromatic heterocycles. The lowest BCUT2D eigenvalue weighted by molar-refractivity contribution is -0.112. The summed E-state index contributed by atoms with van der Waals surface area (Å²) in [5, 5.41) is 13.6. The van der Waals surface area contributed by atoms with Crippen LogP contribution in [0.2, 0.25) is 0 Å². The van der Waals surface area contributed by atoms with E-state index in [0.717, 1.165) is 0 Å². The van der Waals surface area contributed by atoms with E-state index < -0.39 is 5.91 Å². The zero-order valence-corrected chi connectivity index (χ0v) is 16.5. The van der Waals surface area contributed by atoms with E-state index in [1.165, 1.54) is 0 Å². The summed E-state index contributed by atoms with van der Waals surface area (Å²) < 4.78 is 10.3. The van der Waals surface area contributed by atoms with Crippen molar-refractivity contribution in [3.8, 4) is 11.5 Å². The molecule has 3 aromatic rings. The minimum absolute atomic E-state index is 0.0936. The number of ether oxygens (including phenoxy) is 2. The molecule has 0 spiro atoms. The molecule has 0 radical (unpaired) electrons. The normalized spacial score (nSPS) is 13.9. The van der Waals surface area contributed by atoms with Gasteiger partial charge in [0.25, 0.3) is 5.91 Å². The van der Waals surface area contributed by atoms with Gasteiger partial charge in [0.1, 0.15) is 22.8 Å². The molecule has 2 N–H and O–H groups in total. The van der Waals surface area contributed by atoms with Crippen LogP contribution in [0.3, 0.4) is 0 Å². The number of hydrogen-bond acceptors (Lipinski definition) is 5. The number of anilines is 1. The van der Waals surface area contributed by atoms with E-state index in [0.29, 0.717) is 39.7 Å². The second-order valence-corrected chi connectivity index (χ2v) is 6.61. The quantitative estimate of drug-likeness (QED) is 0.648. The molecule has 0 unspecified atom stereocenters. The zero-order chi connectivity index (χ0) is 21.1. The number of carbonyl (C=O) groups is 1. The minimum Gasteiger partial charge on any atom is -0.506 e. The van der Waals surface area contributed by atoms with Crippen molar-refractivity contribution in [2.75, 3.05) is 19.5 Å². The molecule has 6 heteroatoms. The second kappa shape index (κ2) is 8.13. The van der Waals surface area contributed by atoms with Crippen molar-refractivity contribution >= 4 is 28.8 Å². The van der Waals surface area contributed by atoms with E-state index in [4.69, 9.17) is 9.47 Å². The lowest BCUT2D eigenvalue weighted by Crippen LogP contribution is -2.19. The van der Waals surface area contributed by atoms with Crippen LogP contribution in [0.15, 0.2) is 83.4 Å². The average Bonchev–Trinajstić information content (AvgIpc) is 3.06. The van der Waals surface area contributed by atoms with Crippen LogP contribution in [0.5, 0.6) is 11.5 Å². The number of hydrogen-bond donors (Lipinski definition) is 2. The Morgan fingerprint density at radius 3 is 2.00 bits per heavy atom. The summed E-state index contributed by atoms with van der Waals surface area (Å²) in [7, 11) is 3.17. The topological polar surface area (TPSA) is 80.2 Å². The van der Waals surface area contributed by atoms with Crippen molar-refractivity contribution in [3.63, 3.8) is 0 Å². The number of methoxy groups -OCH3 is 2. The lowest BCUT2D eigenvalue weighted by Gasteiger charge is -2.09. The maximum Gasteiger partial charge on any atom is 0.261 e. The molecular formula is C24H20N2O4. The van der Waals surface area contributed by atoms with E-state index in [1.807, 2.05) is 18.2 Å². The van der Waals surface area contributed by atoms with Crippen molar-refractivity contribution in [1.29, 1.82) is 0 Å². The van der Waals surface area contributed by atoms with Gasteiger partial charge in [0.2, 0.25) is 0 Å². The Hall–Kier alpha value is -4.06. The van der Waals surface area contributed by atoms with E-state index in [-0.39, 0.29) is 11.3 Å². The van der Waals surface area contributed by atoms with Gasteiger partial charge in [-0.3, -0.25) is 4.79 Å². The fourth-order valence-corrected chi connectivity index (χ4v) is 3.26. The van der Waals surface area contributed by atoms with Gasteiger partial charge in [-0.2, -0.15) is 0 Å². The first-order valence-electron chi connectivity index (χ1n) is 9.32. The van der Waals surface area contributed by atoms with Crippen molar-refractivity contribution in [2.24, 2.45) is 4.99 Å². The van der Waals surface area contributed by atoms with Crippen LogP contribution >= 0.6 is 0 Å². The first kappa shape index (κ1) is 19.3. The van der Waals surface area contributed by atoms with Gasteiger partial charge in [-0.15, -0.1) is 0 Å².